The van der Waals surface area contributed by atoms with E-state index in [-0.39, 0.29) is 12.1 Å². The number of piperazine rings is 1. The maximum atomic E-state index is 12.1. The van der Waals surface area contributed by atoms with Gasteiger partial charge in [0, 0.05) is 32.2 Å². The number of hydrogen-bond acceptors (Lipinski definition) is 3. The number of rotatable bonds is 2. The van der Waals surface area contributed by atoms with E-state index in [0.29, 0.717) is 0 Å². The Morgan fingerprint density at radius 3 is 2.44 bits per heavy atom. The lowest BCUT2D eigenvalue weighted by Crippen LogP contribution is -2.55. The summed E-state index contributed by atoms with van der Waals surface area (Å²) < 4.78 is 5.44. The second-order valence-corrected chi connectivity index (χ2v) is 6.73. The summed E-state index contributed by atoms with van der Waals surface area (Å²) in [6.07, 6.45) is 2.61. The second-order valence-electron chi connectivity index (χ2n) is 6.73. The van der Waals surface area contributed by atoms with E-state index in [0.717, 1.165) is 25.6 Å². The van der Waals surface area contributed by atoms with Crippen molar-refractivity contribution in [3.05, 3.63) is 0 Å². The van der Waals surface area contributed by atoms with E-state index in [2.05, 4.69) is 11.8 Å². The Morgan fingerprint density at radius 1 is 1.28 bits per heavy atom. The quantitative estimate of drug-likeness (QED) is 0.758. The van der Waals surface area contributed by atoms with Crippen molar-refractivity contribution in [1.82, 2.24) is 9.80 Å². The van der Waals surface area contributed by atoms with Crippen LogP contribution < -0.4 is 0 Å². The van der Waals surface area contributed by atoms with Gasteiger partial charge < -0.3 is 9.64 Å². The van der Waals surface area contributed by atoms with Crippen molar-refractivity contribution in [3.63, 3.8) is 0 Å². The summed E-state index contributed by atoms with van der Waals surface area (Å²) in [5.74, 6) is 0.922. The Bertz CT molecular complexity index is 307. The van der Waals surface area contributed by atoms with E-state index in [4.69, 9.17) is 4.74 Å². The summed E-state index contributed by atoms with van der Waals surface area (Å²) in [6, 6.07) is 0.257. The molecule has 1 aliphatic carbocycles. The minimum absolute atomic E-state index is 0.166. The van der Waals surface area contributed by atoms with Gasteiger partial charge in [0.2, 0.25) is 0 Å². The molecule has 4 nitrogen and oxygen atoms in total. The average molecular weight is 254 g/mol. The standard InChI is InChI=1S/C14H26N2O2/c1-11-9-15(10-12-5-6-12)7-8-16(11)13(17)18-14(2,3)4/h11-12H,5-10H2,1-4H3/t11-/m0/s1. The predicted molar refractivity (Wildman–Crippen MR) is 71.6 cm³/mol. The first-order valence-corrected chi connectivity index (χ1v) is 7.07. The van der Waals surface area contributed by atoms with Gasteiger partial charge in [-0.25, -0.2) is 4.79 Å². The van der Waals surface area contributed by atoms with Crippen LogP contribution in [0.5, 0.6) is 0 Å². The zero-order valence-electron chi connectivity index (χ0n) is 12.1. The number of hydrogen-bond donors (Lipinski definition) is 0. The largest absolute Gasteiger partial charge is 0.444 e. The van der Waals surface area contributed by atoms with Gasteiger partial charge in [-0.2, -0.15) is 0 Å². The molecule has 2 aliphatic rings. The maximum Gasteiger partial charge on any atom is 0.410 e. The Hall–Kier alpha value is -0.770. The minimum atomic E-state index is -0.401. The monoisotopic (exact) mass is 254 g/mol. The van der Waals surface area contributed by atoms with Gasteiger partial charge in [-0.1, -0.05) is 0 Å². The highest BCUT2D eigenvalue weighted by molar-refractivity contribution is 5.68. The molecular weight excluding hydrogens is 228 g/mol. The molecule has 0 aromatic carbocycles. The number of nitrogens with zero attached hydrogens (tertiary/aromatic N) is 2. The predicted octanol–water partition coefficient (Wildman–Crippen LogP) is 2.34. The smallest absolute Gasteiger partial charge is 0.410 e. The third-order valence-electron chi connectivity index (χ3n) is 3.55. The highest BCUT2D eigenvalue weighted by atomic mass is 16.6. The Morgan fingerprint density at radius 2 is 1.94 bits per heavy atom. The molecule has 104 valence electrons. The van der Waals surface area contributed by atoms with Crippen LogP contribution in [0.3, 0.4) is 0 Å². The average Bonchev–Trinajstić information content (AvgIpc) is 2.98. The molecule has 0 aromatic heterocycles. The van der Waals surface area contributed by atoms with E-state index in [1.54, 1.807) is 0 Å². The molecule has 0 radical (unpaired) electrons. The molecular formula is C14H26N2O2. The van der Waals surface area contributed by atoms with Gasteiger partial charge in [-0.3, -0.25) is 4.90 Å². The van der Waals surface area contributed by atoms with E-state index in [1.165, 1.54) is 19.4 Å². The van der Waals surface area contributed by atoms with Crippen LogP contribution >= 0.6 is 0 Å². The van der Waals surface area contributed by atoms with Crippen molar-refractivity contribution in [3.8, 4) is 0 Å². The molecule has 2 rings (SSSR count). The maximum absolute atomic E-state index is 12.1. The first-order valence-electron chi connectivity index (χ1n) is 7.07. The van der Waals surface area contributed by atoms with Crippen LogP contribution in [0.15, 0.2) is 0 Å². The van der Waals surface area contributed by atoms with Crippen LogP contribution in [0.1, 0.15) is 40.5 Å². The zero-order chi connectivity index (χ0) is 13.3. The number of carbonyl (C=O) groups excluding carboxylic acids is 1. The van der Waals surface area contributed by atoms with E-state index in [9.17, 15) is 4.79 Å². The van der Waals surface area contributed by atoms with Gasteiger partial charge in [0.05, 0.1) is 0 Å². The summed E-state index contributed by atoms with van der Waals surface area (Å²) in [5.41, 5.74) is -0.401. The summed E-state index contributed by atoms with van der Waals surface area (Å²) in [4.78, 5) is 16.4. The summed E-state index contributed by atoms with van der Waals surface area (Å²) in [7, 11) is 0. The van der Waals surface area contributed by atoms with E-state index >= 15 is 0 Å². The van der Waals surface area contributed by atoms with Crippen molar-refractivity contribution in [2.24, 2.45) is 5.92 Å². The molecule has 1 heterocycles. The molecule has 1 amide bonds. The Balaban J connectivity index is 1.82. The zero-order valence-corrected chi connectivity index (χ0v) is 12.1. The van der Waals surface area contributed by atoms with Crippen LogP contribution in [0.2, 0.25) is 0 Å². The van der Waals surface area contributed by atoms with Crippen molar-refractivity contribution in [1.29, 1.82) is 0 Å². The van der Waals surface area contributed by atoms with Gasteiger partial charge in [0.25, 0.3) is 0 Å². The van der Waals surface area contributed by atoms with Gasteiger partial charge >= 0.3 is 6.09 Å². The lowest BCUT2D eigenvalue weighted by atomic mass is 10.2. The lowest BCUT2D eigenvalue weighted by Gasteiger charge is -2.40. The van der Waals surface area contributed by atoms with Crippen molar-refractivity contribution in [2.75, 3.05) is 26.2 Å². The number of carbonyl (C=O) groups is 1. The fourth-order valence-electron chi connectivity index (χ4n) is 2.46. The molecule has 0 aromatic rings. The minimum Gasteiger partial charge on any atom is -0.444 e. The summed E-state index contributed by atoms with van der Waals surface area (Å²) in [5, 5.41) is 0. The molecule has 1 atom stereocenters. The van der Waals surface area contributed by atoms with Crippen LogP contribution in [0.25, 0.3) is 0 Å². The molecule has 4 heteroatoms. The number of amides is 1. The van der Waals surface area contributed by atoms with Gasteiger partial charge in [0.1, 0.15) is 5.60 Å². The van der Waals surface area contributed by atoms with Gasteiger partial charge in [0.15, 0.2) is 0 Å². The van der Waals surface area contributed by atoms with E-state index < -0.39 is 5.60 Å². The molecule has 2 fully saturated rings. The van der Waals surface area contributed by atoms with Crippen LogP contribution in [-0.2, 0) is 4.74 Å². The van der Waals surface area contributed by atoms with Crippen molar-refractivity contribution in [2.45, 2.75) is 52.2 Å². The highest BCUT2D eigenvalue weighted by Crippen LogP contribution is 2.30. The molecule has 1 aliphatic heterocycles. The first kappa shape index (κ1) is 13.7. The third-order valence-corrected chi connectivity index (χ3v) is 3.55. The van der Waals surface area contributed by atoms with Crippen molar-refractivity contribution >= 4 is 6.09 Å². The van der Waals surface area contributed by atoms with Gasteiger partial charge in [-0.05, 0) is 46.5 Å². The first-order chi connectivity index (χ1) is 8.35. The Labute approximate surface area is 110 Å². The SMILES string of the molecule is C[C@H]1CN(CC2CC2)CCN1C(=O)OC(C)(C)C. The fraction of sp³-hybridized carbons (Fsp3) is 0.929. The van der Waals surface area contributed by atoms with Crippen LogP contribution in [0, 0.1) is 5.92 Å². The second kappa shape index (κ2) is 5.08. The Kier molecular flexibility index (Phi) is 3.85. The molecule has 1 saturated heterocycles. The summed E-state index contributed by atoms with van der Waals surface area (Å²) in [6.45, 7) is 11.8. The molecule has 1 saturated carbocycles. The molecule has 18 heavy (non-hydrogen) atoms. The number of ether oxygens (including phenoxy) is 1. The third kappa shape index (κ3) is 3.87. The van der Waals surface area contributed by atoms with Crippen molar-refractivity contribution < 1.29 is 9.53 Å². The van der Waals surface area contributed by atoms with Gasteiger partial charge in [-0.15, -0.1) is 0 Å². The van der Waals surface area contributed by atoms with E-state index in [1.807, 2.05) is 25.7 Å². The lowest BCUT2D eigenvalue weighted by molar-refractivity contribution is 0.00104. The highest BCUT2D eigenvalue weighted by Gasteiger charge is 2.33. The van der Waals surface area contributed by atoms with Crippen LogP contribution in [0.4, 0.5) is 4.79 Å². The molecule has 0 N–H and O–H groups in total. The van der Waals surface area contributed by atoms with Crippen LogP contribution in [-0.4, -0.2) is 53.7 Å². The summed E-state index contributed by atoms with van der Waals surface area (Å²) >= 11 is 0. The normalized spacial score (nSPS) is 26.2. The molecule has 0 bridgehead atoms. The molecule has 0 spiro atoms. The topological polar surface area (TPSA) is 32.8 Å². The fourth-order valence-corrected chi connectivity index (χ4v) is 2.46. The molecule has 0 unspecified atom stereocenters.